The maximum atomic E-state index is 12.1. The zero-order valence-corrected chi connectivity index (χ0v) is 11.2. The Balaban J connectivity index is 1.88. The number of carbonyl (C=O) groups is 2. The van der Waals surface area contributed by atoms with Crippen molar-refractivity contribution in [3.8, 4) is 0 Å². The molecule has 1 saturated heterocycles. The molecule has 1 heterocycles. The average Bonchev–Trinajstić information content (AvgIpc) is 2.32. The van der Waals surface area contributed by atoms with Crippen LogP contribution in [-0.4, -0.2) is 37.0 Å². The first kappa shape index (κ1) is 13.3. The van der Waals surface area contributed by atoms with Gasteiger partial charge in [0.05, 0.1) is 6.54 Å². The van der Waals surface area contributed by atoms with Crippen molar-refractivity contribution in [1.82, 2.24) is 16.0 Å². The van der Waals surface area contributed by atoms with Gasteiger partial charge in [-0.3, -0.25) is 14.9 Å². The van der Waals surface area contributed by atoms with E-state index in [1.807, 2.05) is 0 Å². The van der Waals surface area contributed by atoms with Gasteiger partial charge in [-0.25, -0.2) is 0 Å². The molecule has 0 aromatic heterocycles. The summed E-state index contributed by atoms with van der Waals surface area (Å²) in [4.78, 5) is 23.2. The van der Waals surface area contributed by atoms with Gasteiger partial charge < -0.3 is 10.6 Å². The molecule has 0 aromatic rings. The Kier molecular flexibility index (Phi) is 3.90. The Labute approximate surface area is 108 Å². The van der Waals surface area contributed by atoms with Crippen molar-refractivity contribution in [2.24, 2.45) is 5.41 Å². The third kappa shape index (κ3) is 3.02. The van der Waals surface area contributed by atoms with Crippen LogP contribution in [0.1, 0.15) is 39.5 Å². The lowest BCUT2D eigenvalue weighted by molar-refractivity contribution is -0.127. The van der Waals surface area contributed by atoms with Crippen LogP contribution in [0.25, 0.3) is 0 Å². The minimum Gasteiger partial charge on any atom is -0.353 e. The first-order valence-electron chi connectivity index (χ1n) is 6.79. The number of carbonyl (C=O) groups excluding carboxylic acids is 2. The largest absolute Gasteiger partial charge is 0.353 e. The summed E-state index contributed by atoms with van der Waals surface area (Å²) in [7, 11) is 0. The van der Waals surface area contributed by atoms with Crippen molar-refractivity contribution in [2.45, 2.75) is 51.6 Å². The molecule has 0 bridgehead atoms. The molecule has 2 rings (SSSR count). The monoisotopic (exact) mass is 253 g/mol. The summed E-state index contributed by atoms with van der Waals surface area (Å²) >= 11 is 0. The first-order valence-corrected chi connectivity index (χ1v) is 6.79. The zero-order chi connectivity index (χ0) is 13.2. The van der Waals surface area contributed by atoms with Crippen LogP contribution in [0.15, 0.2) is 0 Å². The smallest absolute Gasteiger partial charge is 0.239 e. The van der Waals surface area contributed by atoms with Gasteiger partial charge in [-0.2, -0.15) is 0 Å². The van der Waals surface area contributed by atoms with Gasteiger partial charge in [-0.1, -0.05) is 26.7 Å². The quantitative estimate of drug-likeness (QED) is 0.656. The fraction of sp³-hybridized carbons (Fsp3) is 0.846. The van der Waals surface area contributed by atoms with E-state index in [1.165, 1.54) is 12.8 Å². The molecule has 1 aliphatic carbocycles. The van der Waals surface area contributed by atoms with Gasteiger partial charge in [0.25, 0.3) is 0 Å². The predicted octanol–water partition coefficient (Wildman–Crippen LogP) is 0.159. The molecule has 0 spiro atoms. The van der Waals surface area contributed by atoms with Crippen LogP contribution in [-0.2, 0) is 9.59 Å². The standard InChI is InChI=1S/C13H23N3O2/c1-13(2)6-4-3-5-10(13)16-12(18)9-7-15-11(17)8-14-9/h9-10,14H,3-8H2,1-2H3,(H,15,17)(H,16,18). The van der Waals surface area contributed by atoms with Crippen LogP contribution >= 0.6 is 0 Å². The normalized spacial score (nSPS) is 31.6. The number of hydrogen-bond acceptors (Lipinski definition) is 3. The molecule has 5 nitrogen and oxygen atoms in total. The highest BCUT2D eigenvalue weighted by Gasteiger charge is 2.35. The predicted molar refractivity (Wildman–Crippen MR) is 69.0 cm³/mol. The molecule has 3 N–H and O–H groups in total. The highest BCUT2D eigenvalue weighted by molar-refractivity contribution is 5.86. The molecule has 0 radical (unpaired) electrons. The highest BCUT2D eigenvalue weighted by atomic mass is 16.2. The SMILES string of the molecule is CC1(C)CCCCC1NC(=O)C1CNC(=O)CN1. The lowest BCUT2D eigenvalue weighted by atomic mass is 9.73. The molecular formula is C13H23N3O2. The Morgan fingerprint density at radius 3 is 2.78 bits per heavy atom. The van der Waals surface area contributed by atoms with Crippen molar-refractivity contribution >= 4 is 11.8 Å². The topological polar surface area (TPSA) is 70.2 Å². The molecule has 2 unspecified atom stereocenters. The first-order chi connectivity index (χ1) is 8.49. The number of nitrogens with one attached hydrogen (secondary N) is 3. The van der Waals surface area contributed by atoms with E-state index in [-0.39, 0.29) is 35.9 Å². The Morgan fingerprint density at radius 2 is 2.17 bits per heavy atom. The molecule has 2 atom stereocenters. The van der Waals surface area contributed by atoms with Gasteiger partial charge >= 0.3 is 0 Å². The number of rotatable bonds is 2. The minimum atomic E-state index is -0.291. The van der Waals surface area contributed by atoms with Crippen LogP contribution in [0, 0.1) is 5.41 Å². The summed E-state index contributed by atoms with van der Waals surface area (Å²) in [6.45, 7) is 5.05. The Hall–Kier alpha value is -1.10. The number of hydrogen-bond donors (Lipinski definition) is 3. The summed E-state index contributed by atoms with van der Waals surface area (Å²) in [6, 6.07) is -0.0430. The van der Waals surface area contributed by atoms with Crippen molar-refractivity contribution in [3.05, 3.63) is 0 Å². The minimum absolute atomic E-state index is 0.00924. The molecule has 102 valence electrons. The molecule has 5 heteroatoms. The number of amides is 2. The van der Waals surface area contributed by atoms with Gasteiger partial charge in [0.15, 0.2) is 0 Å². The van der Waals surface area contributed by atoms with Gasteiger partial charge in [0, 0.05) is 12.6 Å². The molecule has 1 aliphatic heterocycles. The Bertz CT molecular complexity index is 331. The van der Waals surface area contributed by atoms with Crippen molar-refractivity contribution < 1.29 is 9.59 Å². The van der Waals surface area contributed by atoms with E-state index in [9.17, 15) is 9.59 Å². The second kappa shape index (κ2) is 5.26. The number of piperazine rings is 1. The fourth-order valence-electron chi connectivity index (χ4n) is 2.79. The zero-order valence-electron chi connectivity index (χ0n) is 11.2. The second-order valence-electron chi connectivity index (χ2n) is 6.03. The summed E-state index contributed by atoms with van der Waals surface area (Å²) in [5.41, 5.74) is 0.172. The third-order valence-corrected chi connectivity index (χ3v) is 4.15. The molecule has 18 heavy (non-hydrogen) atoms. The maximum absolute atomic E-state index is 12.1. The van der Waals surface area contributed by atoms with Crippen LogP contribution < -0.4 is 16.0 Å². The maximum Gasteiger partial charge on any atom is 0.239 e. The summed E-state index contributed by atoms with van der Waals surface area (Å²) in [5, 5.41) is 8.81. The summed E-state index contributed by atoms with van der Waals surface area (Å²) in [6.07, 6.45) is 4.64. The second-order valence-corrected chi connectivity index (χ2v) is 6.03. The molecule has 2 fully saturated rings. The van der Waals surface area contributed by atoms with Gasteiger partial charge in [0.2, 0.25) is 11.8 Å². The fourth-order valence-corrected chi connectivity index (χ4v) is 2.79. The molecule has 1 saturated carbocycles. The van der Waals surface area contributed by atoms with Crippen LogP contribution in [0.2, 0.25) is 0 Å². The average molecular weight is 253 g/mol. The lowest BCUT2D eigenvalue weighted by Gasteiger charge is -2.40. The molecule has 0 aromatic carbocycles. The van der Waals surface area contributed by atoms with E-state index in [1.54, 1.807) is 0 Å². The summed E-state index contributed by atoms with van der Waals surface area (Å²) in [5.74, 6) is -0.0352. The van der Waals surface area contributed by atoms with E-state index in [2.05, 4.69) is 29.8 Å². The molecular weight excluding hydrogens is 230 g/mol. The van der Waals surface area contributed by atoms with Crippen LogP contribution in [0.5, 0.6) is 0 Å². The van der Waals surface area contributed by atoms with E-state index < -0.39 is 0 Å². The van der Waals surface area contributed by atoms with Gasteiger partial charge in [-0.05, 0) is 18.3 Å². The summed E-state index contributed by atoms with van der Waals surface area (Å²) < 4.78 is 0. The van der Waals surface area contributed by atoms with E-state index in [0.717, 1.165) is 12.8 Å². The Morgan fingerprint density at radius 1 is 1.39 bits per heavy atom. The third-order valence-electron chi connectivity index (χ3n) is 4.15. The lowest BCUT2D eigenvalue weighted by Crippen LogP contribution is -2.60. The van der Waals surface area contributed by atoms with Crippen molar-refractivity contribution in [2.75, 3.05) is 13.1 Å². The van der Waals surface area contributed by atoms with Crippen LogP contribution in [0.4, 0.5) is 0 Å². The van der Waals surface area contributed by atoms with Gasteiger partial charge in [0.1, 0.15) is 6.04 Å². The van der Waals surface area contributed by atoms with E-state index in [4.69, 9.17) is 0 Å². The van der Waals surface area contributed by atoms with E-state index in [0.29, 0.717) is 6.54 Å². The van der Waals surface area contributed by atoms with Gasteiger partial charge in [-0.15, -0.1) is 0 Å². The van der Waals surface area contributed by atoms with E-state index >= 15 is 0 Å². The molecule has 2 aliphatic rings. The van der Waals surface area contributed by atoms with Crippen LogP contribution in [0.3, 0.4) is 0 Å². The molecule has 2 amide bonds. The van der Waals surface area contributed by atoms with Crippen molar-refractivity contribution in [1.29, 1.82) is 0 Å². The highest BCUT2D eigenvalue weighted by Crippen LogP contribution is 2.35. The van der Waals surface area contributed by atoms with Crippen molar-refractivity contribution in [3.63, 3.8) is 0 Å².